The van der Waals surface area contributed by atoms with Gasteiger partial charge in [0.05, 0.1) is 18.9 Å². The van der Waals surface area contributed by atoms with E-state index >= 15 is 0 Å². The van der Waals surface area contributed by atoms with Crippen LogP contribution in [0.15, 0.2) is 4.99 Å². The Bertz CT molecular complexity index is 2000. The van der Waals surface area contributed by atoms with Gasteiger partial charge in [-0.3, -0.25) is 52.9 Å². The van der Waals surface area contributed by atoms with Crippen molar-refractivity contribution in [2.24, 2.45) is 28.1 Å². The lowest BCUT2D eigenvalue weighted by Gasteiger charge is -2.35. The Labute approximate surface area is 398 Å². The summed E-state index contributed by atoms with van der Waals surface area (Å²) in [5, 5.41) is 37.6. The van der Waals surface area contributed by atoms with Crippen LogP contribution in [0.2, 0.25) is 0 Å². The van der Waals surface area contributed by atoms with Gasteiger partial charge in [0.1, 0.15) is 48.3 Å². The van der Waals surface area contributed by atoms with Crippen LogP contribution in [0, 0.1) is 5.92 Å². The Kier molecular flexibility index (Phi) is 20.0. The topological polar surface area (TPSA) is 400 Å². The number of rotatable bonds is 23. The number of hydrogen-bond donors (Lipinski definition) is 10. The van der Waals surface area contributed by atoms with Crippen molar-refractivity contribution in [3.63, 3.8) is 0 Å². The third-order valence-corrected chi connectivity index (χ3v) is 13.1. The van der Waals surface area contributed by atoms with Gasteiger partial charge in [0, 0.05) is 32.7 Å². The molecule has 0 saturated carbocycles. The van der Waals surface area contributed by atoms with E-state index in [0.717, 1.165) is 0 Å². The second-order valence-corrected chi connectivity index (χ2v) is 18.1. The molecule has 26 nitrogen and oxygen atoms in total. The number of aliphatic carboxylic acids is 3. The maximum atomic E-state index is 14.3. The Morgan fingerprint density at radius 2 is 1.07 bits per heavy atom. The van der Waals surface area contributed by atoms with Crippen molar-refractivity contribution in [2.75, 3.05) is 32.7 Å². The van der Waals surface area contributed by atoms with Gasteiger partial charge in [-0.15, -0.1) is 0 Å². The largest absolute Gasteiger partial charge is 0.481 e. The predicted octanol–water partition coefficient (Wildman–Crippen LogP) is -3.63. The molecule has 8 amide bonds. The zero-order chi connectivity index (χ0) is 51.3. The fourth-order valence-electron chi connectivity index (χ4n) is 9.27. The molecule has 4 fully saturated rings. The predicted molar refractivity (Wildman–Crippen MR) is 242 cm³/mol. The van der Waals surface area contributed by atoms with Crippen LogP contribution < -0.4 is 38.5 Å². The van der Waals surface area contributed by atoms with Gasteiger partial charge >= 0.3 is 17.9 Å². The lowest BCUT2D eigenvalue weighted by molar-refractivity contribution is -0.151. The van der Waals surface area contributed by atoms with Crippen LogP contribution in [0.4, 0.5) is 0 Å². The van der Waals surface area contributed by atoms with Gasteiger partial charge in [-0.2, -0.15) is 0 Å². The van der Waals surface area contributed by atoms with Gasteiger partial charge in [0.2, 0.25) is 47.3 Å². The number of nitrogens with two attached hydrogens (primary N) is 3. The summed E-state index contributed by atoms with van der Waals surface area (Å²) in [6, 6.07) is -10.9. The summed E-state index contributed by atoms with van der Waals surface area (Å²) < 4.78 is 0. The van der Waals surface area contributed by atoms with Gasteiger partial charge in [-0.25, -0.2) is 4.79 Å². The van der Waals surface area contributed by atoms with Crippen LogP contribution in [-0.2, 0) is 52.7 Å². The molecular weight excluding hydrogens is 909 g/mol. The summed E-state index contributed by atoms with van der Waals surface area (Å²) in [4.78, 5) is 154. The van der Waals surface area contributed by atoms with Crippen molar-refractivity contribution < 1.29 is 68.1 Å². The second kappa shape index (κ2) is 25.1. The van der Waals surface area contributed by atoms with E-state index in [1.807, 2.05) is 0 Å². The Morgan fingerprint density at radius 3 is 1.59 bits per heavy atom. The number of nitrogens with one attached hydrogen (secondary N) is 4. The average molecular weight is 977 g/mol. The van der Waals surface area contributed by atoms with Crippen molar-refractivity contribution in [3.05, 3.63) is 0 Å². The number of carboxylic acids is 3. The number of carboxylic acid groups (broad SMARTS) is 3. The summed E-state index contributed by atoms with van der Waals surface area (Å²) in [6.07, 6.45) is 1.91. The Morgan fingerprint density at radius 1 is 0.609 bits per heavy atom. The van der Waals surface area contributed by atoms with E-state index in [0.29, 0.717) is 44.9 Å². The highest BCUT2D eigenvalue weighted by molar-refractivity contribution is 5.99. The number of guanidine groups is 1. The van der Waals surface area contributed by atoms with Gasteiger partial charge in [-0.1, -0.05) is 20.3 Å². The third-order valence-electron chi connectivity index (χ3n) is 13.1. The Balaban J connectivity index is 1.47. The molecule has 384 valence electrons. The highest BCUT2D eigenvalue weighted by Crippen LogP contribution is 2.29. The molecular formula is C43H68N12O14. The summed E-state index contributed by atoms with van der Waals surface area (Å²) in [5.41, 5.74) is 16.9. The SMILES string of the molecule is CC[C@H](C)[C@H](NC(=O)[C@@H]1CCCN1C(=O)[C@@H]1CCCN1C(=O)[C@@H]1CCCN1C(=O)[C@@H](N)CC(=O)O)C(=O)N[C@@H](CCCN=C(N)N)C(=O)N1CCC[C@H]1C(=O)N[C@@H](C)C(=O)N[C@@H](CC(=O)O)C(=O)O. The van der Waals surface area contributed by atoms with Crippen LogP contribution in [0.25, 0.3) is 0 Å². The van der Waals surface area contributed by atoms with Crippen molar-refractivity contribution >= 4 is 71.1 Å². The molecule has 4 saturated heterocycles. The molecule has 0 radical (unpaired) electrons. The summed E-state index contributed by atoms with van der Waals surface area (Å²) >= 11 is 0. The highest BCUT2D eigenvalue weighted by atomic mass is 16.4. The fraction of sp³-hybridized carbons (Fsp3) is 0.721. The number of likely N-dealkylation sites (tertiary alicyclic amines) is 4. The van der Waals surface area contributed by atoms with Gasteiger partial charge in [0.15, 0.2) is 5.96 Å². The van der Waals surface area contributed by atoms with E-state index in [4.69, 9.17) is 27.4 Å². The lowest BCUT2D eigenvalue weighted by atomic mass is 9.96. The summed E-state index contributed by atoms with van der Waals surface area (Å²) in [5.74, 6) is -10.3. The molecule has 69 heavy (non-hydrogen) atoms. The van der Waals surface area contributed by atoms with E-state index in [-0.39, 0.29) is 64.4 Å². The van der Waals surface area contributed by atoms with Crippen LogP contribution in [-0.4, -0.2) is 193 Å². The van der Waals surface area contributed by atoms with Crippen LogP contribution in [0.5, 0.6) is 0 Å². The lowest BCUT2D eigenvalue weighted by Crippen LogP contribution is -2.60. The van der Waals surface area contributed by atoms with E-state index in [9.17, 15) is 57.8 Å². The standard InChI is InChI=1S/C43H68N12O14/c1-4-22(2)33(51-36(62)28-12-7-17-53(28)40(66)30-14-9-19-55(30)41(67)29-13-8-18-54(29)38(64)24(44)20-31(56)57)37(63)49-25(10-5-15-47-43(45)46)39(65)52-16-6-11-27(52)35(61)48-23(3)34(60)50-26(42(68)69)21-32(58)59/h22-30,33H,4-21,44H2,1-3H3,(H,48,61)(H,49,63)(H,50,60)(H,51,62)(H,56,57)(H,58,59)(H,68,69)(H4,45,46,47)/t22-,23-,24-,25-,26-,27-,28-,29-,30-,33-/m0/s1. The summed E-state index contributed by atoms with van der Waals surface area (Å²) in [6.45, 7) is 5.59. The van der Waals surface area contributed by atoms with E-state index in [1.54, 1.807) is 13.8 Å². The molecule has 0 unspecified atom stereocenters. The molecule has 0 bridgehead atoms. The van der Waals surface area contributed by atoms with Crippen molar-refractivity contribution in [2.45, 2.75) is 159 Å². The van der Waals surface area contributed by atoms with Crippen LogP contribution >= 0.6 is 0 Å². The molecule has 4 aliphatic rings. The molecule has 13 N–H and O–H groups in total. The molecule has 10 atom stereocenters. The van der Waals surface area contributed by atoms with E-state index in [2.05, 4.69) is 26.3 Å². The quantitative estimate of drug-likeness (QED) is 0.0268. The number of amides is 8. The maximum absolute atomic E-state index is 14.3. The van der Waals surface area contributed by atoms with Crippen molar-refractivity contribution in [1.29, 1.82) is 0 Å². The van der Waals surface area contributed by atoms with E-state index in [1.165, 1.54) is 26.5 Å². The number of aliphatic imine (C=N–C) groups is 1. The Hall–Kier alpha value is -6.60. The normalized spacial score (nSPS) is 22.6. The third kappa shape index (κ3) is 14.5. The molecule has 26 heteroatoms. The maximum Gasteiger partial charge on any atom is 0.326 e. The summed E-state index contributed by atoms with van der Waals surface area (Å²) in [7, 11) is 0. The van der Waals surface area contributed by atoms with Crippen molar-refractivity contribution in [3.8, 4) is 0 Å². The van der Waals surface area contributed by atoms with Crippen LogP contribution in [0.1, 0.15) is 104 Å². The highest BCUT2D eigenvalue weighted by Gasteiger charge is 2.47. The minimum Gasteiger partial charge on any atom is -0.481 e. The average Bonchev–Trinajstić information content (AvgIpc) is 4.14. The molecule has 4 aliphatic heterocycles. The van der Waals surface area contributed by atoms with Gasteiger partial charge in [0.25, 0.3) is 0 Å². The number of nitrogens with zero attached hydrogens (tertiary/aromatic N) is 5. The molecule has 4 heterocycles. The number of carbonyl (C=O) groups is 11. The van der Waals surface area contributed by atoms with Gasteiger partial charge in [-0.05, 0) is 77.0 Å². The first-order valence-corrected chi connectivity index (χ1v) is 23.5. The molecule has 4 rings (SSSR count). The van der Waals surface area contributed by atoms with Gasteiger partial charge < -0.3 is 73.4 Å². The molecule has 0 aromatic heterocycles. The molecule has 0 aromatic rings. The molecule has 0 spiro atoms. The van der Waals surface area contributed by atoms with Crippen molar-refractivity contribution in [1.82, 2.24) is 40.9 Å². The number of carbonyl (C=O) groups excluding carboxylic acids is 8. The smallest absolute Gasteiger partial charge is 0.326 e. The minimum absolute atomic E-state index is 0.00421. The fourth-order valence-corrected chi connectivity index (χ4v) is 9.27. The first-order chi connectivity index (χ1) is 32.6. The van der Waals surface area contributed by atoms with Crippen LogP contribution in [0.3, 0.4) is 0 Å². The first kappa shape index (κ1) is 55.0. The zero-order valence-corrected chi connectivity index (χ0v) is 39.3. The molecule has 0 aliphatic carbocycles. The molecule has 0 aromatic carbocycles. The first-order valence-electron chi connectivity index (χ1n) is 23.5. The zero-order valence-electron chi connectivity index (χ0n) is 39.3. The number of hydrogen-bond acceptors (Lipinski definition) is 13. The monoisotopic (exact) mass is 976 g/mol. The van der Waals surface area contributed by atoms with E-state index < -0.39 is 138 Å². The second-order valence-electron chi connectivity index (χ2n) is 18.1. The minimum atomic E-state index is -1.76.